The number of epoxide rings is 1. The number of thiazole rings is 1. The van der Waals surface area contributed by atoms with E-state index < -0.39 is 0 Å². The number of hydrogen-bond acceptors (Lipinski definition) is 3. The molecule has 2 heterocycles. The smallest absolute Gasteiger partial charge is 0.131 e. The Balaban J connectivity index is 2.25. The number of hydrogen-bond donors (Lipinski definition) is 0. The topological polar surface area (TPSA) is 25.4 Å². The molecule has 0 aliphatic carbocycles. The van der Waals surface area contributed by atoms with E-state index in [4.69, 9.17) is 4.74 Å². The average molecular weight is 183 g/mol. The van der Waals surface area contributed by atoms with E-state index in [-0.39, 0.29) is 5.60 Å². The van der Waals surface area contributed by atoms with Gasteiger partial charge in [-0.3, -0.25) is 0 Å². The van der Waals surface area contributed by atoms with Crippen LogP contribution >= 0.6 is 11.3 Å². The lowest BCUT2D eigenvalue weighted by atomic mass is 10.1. The fraction of sp³-hybridized carbons (Fsp3) is 0.667. The lowest BCUT2D eigenvalue weighted by Gasteiger charge is -1.99. The predicted octanol–water partition coefficient (Wildman–Crippen LogP) is 2.51. The molecule has 0 amide bonds. The summed E-state index contributed by atoms with van der Waals surface area (Å²) in [6.07, 6.45) is 0. The maximum atomic E-state index is 5.32. The van der Waals surface area contributed by atoms with Crippen LogP contribution in [0.15, 0.2) is 5.38 Å². The molecule has 12 heavy (non-hydrogen) atoms. The molecule has 1 saturated heterocycles. The highest BCUT2D eigenvalue weighted by molar-refractivity contribution is 7.09. The number of rotatable bonds is 2. The lowest BCUT2D eigenvalue weighted by Crippen LogP contribution is -2.02. The first kappa shape index (κ1) is 8.20. The Morgan fingerprint density at radius 2 is 2.33 bits per heavy atom. The highest BCUT2D eigenvalue weighted by atomic mass is 32.1. The zero-order chi connectivity index (χ0) is 8.77. The van der Waals surface area contributed by atoms with E-state index in [0.29, 0.717) is 5.92 Å². The molecule has 0 bridgehead atoms. The second-order valence-corrected chi connectivity index (χ2v) is 4.63. The fourth-order valence-corrected chi connectivity index (χ4v) is 2.01. The second kappa shape index (κ2) is 2.54. The third kappa shape index (κ3) is 1.27. The van der Waals surface area contributed by atoms with Crippen molar-refractivity contribution in [2.24, 2.45) is 0 Å². The summed E-state index contributed by atoms with van der Waals surface area (Å²) < 4.78 is 5.32. The van der Waals surface area contributed by atoms with Gasteiger partial charge in [0.15, 0.2) is 0 Å². The minimum atomic E-state index is -0.0519. The van der Waals surface area contributed by atoms with Crippen LogP contribution in [0.5, 0.6) is 0 Å². The lowest BCUT2D eigenvalue weighted by molar-refractivity contribution is 0.324. The second-order valence-electron chi connectivity index (χ2n) is 3.75. The summed E-state index contributed by atoms with van der Waals surface area (Å²) in [5, 5.41) is 3.32. The Kier molecular flexibility index (Phi) is 1.73. The third-order valence-corrected chi connectivity index (χ3v) is 3.28. The van der Waals surface area contributed by atoms with Gasteiger partial charge in [0, 0.05) is 11.3 Å². The van der Waals surface area contributed by atoms with Crippen molar-refractivity contribution in [2.75, 3.05) is 6.61 Å². The Hall–Kier alpha value is -0.410. The SMILES string of the molecule is CC(C)c1nc(C2(C)CO2)cs1. The van der Waals surface area contributed by atoms with E-state index in [2.05, 4.69) is 31.1 Å². The molecule has 1 aliphatic rings. The highest BCUT2D eigenvalue weighted by Crippen LogP contribution is 2.38. The van der Waals surface area contributed by atoms with Crippen LogP contribution < -0.4 is 0 Å². The van der Waals surface area contributed by atoms with Crippen molar-refractivity contribution in [3.05, 3.63) is 16.1 Å². The zero-order valence-corrected chi connectivity index (χ0v) is 8.44. The van der Waals surface area contributed by atoms with Gasteiger partial charge in [-0.2, -0.15) is 0 Å². The molecule has 2 nitrogen and oxygen atoms in total. The molecular formula is C9H13NOS. The summed E-state index contributed by atoms with van der Waals surface area (Å²) in [7, 11) is 0. The van der Waals surface area contributed by atoms with Crippen molar-refractivity contribution in [3.63, 3.8) is 0 Å². The Morgan fingerprint density at radius 1 is 1.67 bits per heavy atom. The highest BCUT2D eigenvalue weighted by Gasteiger charge is 2.43. The van der Waals surface area contributed by atoms with Gasteiger partial charge in [0.1, 0.15) is 5.60 Å². The first-order valence-electron chi connectivity index (χ1n) is 4.22. The fourth-order valence-electron chi connectivity index (χ4n) is 1.05. The molecule has 3 heteroatoms. The van der Waals surface area contributed by atoms with Crippen LogP contribution in [0.3, 0.4) is 0 Å². The summed E-state index contributed by atoms with van der Waals surface area (Å²) in [5.74, 6) is 0.533. The van der Waals surface area contributed by atoms with Crippen molar-refractivity contribution < 1.29 is 4.74 Å². The number of aromatic nitrogens is 1. The van der Waals surface area contributed by atoms with Gasteiger partial charge >= 0.3 is 0 Å². The van der Waals surface area contributed by atoms with E-state index in [9.17, 15) is 0 Å². The van der Waals surface area contributed by atoms with Crippen LogP contribution in [-0.2, 0) is 10.3 Å². The summed E-state index contributed by atoms with van der Waals surface area (Å²) in [4.78, 5) is 4.54. The van der Waals surface area contributed by atoms with E-state index in [0.717, 1.165) is 12.3 Å². The molecule has 0 saturated carbocycles. The molecule has 1 atom stereocenters. The molecule has 0 spiro atoms. The number of nitrogens with zero attached hydrogens (tertiary/aromatic N) is 1. The van der Waals surface area contributed by atoms with Crippen LogP contribution in [-0.4, -0.2) is 11.6 Å². The minimum absolute atomic E-state index is 0.0519. The average Bonchev–Trinajstić information content (AvgIpc) is 2.61. The molecule has 1 fully saturated rings. The summed E-state index contributed by atoms with van der Waals surface area (Å²) >= 11 is 1.73. The molecule has 1 aliphatic heterocycles. The maximum Gasteiger partial charge on any atom is 0.131 e. The molecule has 2 rings (SSSR count). The molecule has 0 N–H and O–H groups in total. The van der Waals surface area contributed by atoms with Crippen molar-refractivity contribution in [2.45, 2.75) is 32.3 Å². The van der Waals surface area contributed by atoms with Crippen molar-refractivity contribution in [1.82, 2.24) is 4.98 Å². The summed E-state index contributed by atoms with van der Waals surface area (Å²) in [5.41, 5.74) is 1.06. The Morgan fingerprint density at radius 3 is 2.75 bits per heavy atom. The van der Waals surface area contributed by atoms with E-state index in [1.807, 2.05) is 0 Å². The van der Waals surface area contributed by atoms with Gasteiger partial charge < -0.3 is 4.74 Å². The first-order valence-corrected chi connectivity index (χ1v) is 5.10. The molecule has 1 aromatic rings. The van der Waals surface area contributed by atoms with Gasteiger partial charge in [0.05, 0.1) is 17.3 Å². The van der Waals surface area contributed by atoms with Crippen LogP contribution in [0, 0.1) is 0 Å². The van der Waals surface area contributed by atoms with Crippen LogP contribution in [0.1, 0.15) is 37.4 Å². The Bertz CT molecular complexity index is 288. The van der Waals surface area contributed by atoms with Crippen molar-refractivity contribution >= 4 is 11.3 Å². The standard InChI is InChI=1S/C9H13NOS/c1-6(2)8-10-7(4-12-8)9(3)5-11-9/h4,6H,5H2,1-3H3. The summed E-state index contributed by atoms with van der Waals surface area (Å²) in [6.45, 7) is 7.25. The van der Waals surface area contributed by atoms with Crippen LogP contribution in [0.4, 0.5) is 0 Å². The van der Waals surface area contributed by atoms with Gasteiger partial charge in [0.2, 0.25) is 0 Å². The van der Waals surface area contributed by atoms with E-state index >= 15 is 0 Å². The quantitative estimate of drug-likeness (QED) is 0.658. The zero-order valence-electron chi connectivity index (χ0n) is 7.63. The Labute approximate surface area is 76.6 Å². The first-order chi connectivity index (χ1) is 5.62. The molecule has 0 aromatic carbocycles. The van der Waals surface area contributed by atoms with Gasteiger partial charge in [-0.05, 0) is 6.92 Å². The molecule has 66 valence electrons. The molecular weight excluding hydrogens is 170 g/mol. The maximum absolute atomic E-state index is 5.32. The van der Waals surface area contributed by atoms with E-state index in [1.54, 1.807) is 11.3 Å². The van der Waals surface area contributed by atoms with Gasteiger partial charge in [-0.25, -0.2) is 4.98 Å². The van der Waals surface area contributed by atoms with E-state index in [1.165, 1.54) is 5.01 Å². The van der Waals surface area contributed by atoms with Crippen LogP contribution in [0.25, 0.3) is 0 Å². The normalized spacial score (nSPS) is 28.0. The third-order valence-electron chi connectivity index (χ3n) is 2.14. The van der Waals surface area contributed by atoms with Gasteiger partial charge in [0.25, 0.3) is 0 Å². The van der Waals surface area contributed by atoms with Crippen molar-refractivity contribution in [3.8, 4) is 0 Å². The largest absolute Gasteiger partial charge is 0.363 e. The molecule has 0 radical (unpaired) electrons. The van der Waals surface area contributed by atoms with Gasteiger partial charge in [-0.1, -0.05) is 13.8 Å². The monoisotopic (exact) mass is 183 g/mol. The summed E-state index contributed by atoms with van der Waals surface area (Å²) in [6, 6.07) is 0. The predicted molar refractivity (Wildman–Crippen MR) is 49.5 cm³/mol. The minimum Gasteiger partial charge on any atom is -0.363 e. The molecule has 1 unspecified atom stereocenters. The molecule has 1 aromatic heterocycles. The van der Waals surface area contributed by atoms with Crippen molar-refractivity contribution in [1.29, 1.82) is 0 Å². The van der Waals surface area contributed by atoms with Crippen LogP contribution in [0.2, 0.25) is 0 Å². The van der Waals surface area contributed by atoms with Gasteiger partial charge in [-0.15, -0.1) is 11.3 Å². The number of ether oxygens (including phenoxy) is 1.